The number of carbonyl (C=O) groups excluding carboxylic acids is 1. The van der Waals surface area contributed by atoms with Crippen molar-refractivity contribution in [2.24, 2.45) is 0 Å². The van der Waals surface area contributed by atoms with Crippen molar-refractivity contribution >= 4 is 29.3 Å². The standard InChI is InChI=1S/C19H18F2N4O.ClH/c20-19(21)9-16(23-11-19)18(26)22-10-12-5-7-13(8-6-12)17-24-14-3-1-2-4-15(14)25-17;/h1-8,16,23H,9-11H2,(H,22,26)(H,24,25);1H. The molecule has 3 aromatic rings. The normalized spacial score (nSPS) is 18.2. The molecule has 1 aliphatic rings. The van der Waals surface area contributed by atoms with Gasteiger partial charge in [0.15, 0.2) is 0 Å². The predicted molar refractivity (Wildman–Crippen MR) is 102 cm³/mol. The van der Waals surface area contributed by atoms with E-state index in [-0.39, 0.29) is 12.4 Å². The summed E-state index contributed by atoms with van der Waals surface area (Å²) in [5.74, 6) is -2.43. The maximum absolute atomic E-state index is 13.1. The van der Waals surface area contributed by atoms with Crippen LogP contribution in [0.2, 0.25) is 0 Å². The number of amides is 1. The molecule has 1 unspecified atom stereocenters. The number of halogens is 3. The van der Waals surface area contributed by atoms with Gasteiger partial charge in [-0.05, 0) is 17.7 Å². The number of nitrogens with one attached hydrogen (secondary N) is 3. The summed E-state index contributed by atoms with van der Waals surface area (Å²) in [4.78, 5) is 19.8. The summed E-state index contributed by atoms with van der Waals surface area (Å²) in [5, 5.41) is 5.25. The fourth-order valence-electron chi connectivity index (χ4n) is 3.08. The lowest BCUT2D eigenvalue weighted by Gasteiger charge is -2.11. The van der Waals surface area contributed by atoms with E-state index >= 15 is 0 Å². The summed E-state index contributed by atoms with van der Waals surface area (Å²) in [7, 11) is 0. The maximum Gasteiger partial charge on any atom is 0.262 e. The van der Waals surface area contributed by atoms with E-state index in [1.54, 1.807) is 0 Å². The number of imidazole rings is 1. The van der Waals surface area contributed by atoms with Crippen LogP contribution in [0.25, 0.3) is 22.4 Å². The molecule has 0 saturated carbocycles. The molecule has 1 saturated heterocycles. The quantitative estimate of drug-likeness (QED) is 0.638. The molecule has 4 rings (SSSR count). The fraction of sp³-hybridized carbons (Fsp3) is 0.263. The third-order valence-electron chi connectivity index (χ3n) is 4.51. The summed E-state index contributed by atoms with van der Waals surface area (Å²) in [5.41, 5.74) is 3.70. The first-order valence-electron chi connectivity index (χ1n) is 8.43. The Kier molecular flexibility index (Phi) is 5.43. The van der Waals surface area contributed by atoms with E-state index in [1.807, 2.05) is 48.5 Å². The summed E-state index contributed by atoms with van der Waals surface area (Å²) in [6.07, 6.45) is -0.455. The van der Waals surface area contributed by atoms with E-state index in [9.17, 15) is 13.6 Å². The molecular formula is C19H19ClF2N4O. The lowest BCUT2D eigenvalue weighted by Crippen LogP contribution is -2.40. The summed E-state index contributed by atoms with van der Waals surface area (Å²) in [6, 6.07) is 14.6. The zero-order valence-electron chi connectivity index (χ0n) is 14.3. The number of hydrogen-bond donors (Lipinski definition) is 3. The van der Waals surface area contributed by atoms with Gasteiger partial charge in [-0.2, -0.15) is 0 Å². The van der Waals surface area contributed by atoms with Crippen molar-refractivity contribution in [3.63, 3.8) is 0 Å². The van der Waals surface area contributed by atoms with Gasteiger partial charge in [0.25, 0.3) is 5.92 Å². The van der Waals surface area contributed by atoms with Crippen molar-refractivity contribution in [3.05, 3.63) is 54.1 Å². The number of carbonyl (C=O) groups is 1. The molecular weight excluding hydrogens is 374 g/mol. The minimum atomic E-state index is -2.81. The van der Waals surface area contributed by atoms with Crippen molar-refractivity contribution < 1.29 is 13.6 Å². The molecule has 1 amide bonds. The number of rotatable bonds is 4. The molecule has 1 aromatic heterocycles. The molecule has 2 heterocycles. The SMILES string of the molecule is Cl.O=C(NCc1ccc(-c2nc3ccccc3[nH]2)cc1)C1CC(F)(F)CN1. The molecule has 0 bridgehead atoms. The second kappa shape index (κ2) is 7.62. The number of hydrogen-bond acceptors (Lipinski definition) is 3. The van der Waals surface area contributed by atoms with Crippen molar-refractivity contribution in [1.29, 1.82) is 0 Å². The number of aromatic amines is 1. The van der Waals surface area contributed by atoms with E-state index in [4.69, 9.17) is 0 Å². The molecule has 3 N–H and O–H groups in total. The van der Waals surface area contributed by atoms with Gasteiger partial charge in [0.1, 0.15) is 5.82 Å². The van der Waals surface area contributed by atoms with Crippen LogP contribution in [-0.2, 0) is 11.3 Å². The fourth-order valence-corrected chi connectivity index (χ4v) is 3.08. The number of nitrogens with zero attached hydrogens (tertiary/aromatic N) is 1. The molecule has 5 nitrogen and oxygen atoms in total. The van der Waals surface area contributed by atoms with Gasteiger partial charge in [-0.1, -0.05) is 36.4 Å². The predicted octanol–water partition coefficient (Wildman–Crippen LogP) is 3.27. The van der Waals surface area contributed by atoms with Crippen LogP contribution in [0.1, 0.15) is 12.0 Å². The van der Waals surface area contributed by atoms with Crippen molar-refractivity contribution in [2.45, 2.75) is 24.9 Å². The minimum absolute atomic E-state index is 0. The van der Waals surface area contributed by atoms with Gasteiger partial charge < -0.3 is 10.3 Å². The van der Waals surface area contributed by atoms with Crippen LogP contribution in [0, 0.1) is 0 Å². The molecule has 1 atom stereocenters. The minimum Gasteiger partial charge on any atom is -0.351 e. The van der Waals surface area contributed by atoms with Crippen LogP contribution >= 0.6 is 12.4 Å². The maximum atomic E-state index is 13.1. The molecule has 0 spiro atoms. The first kappa shape index (κ1) is 19.3. The van der Waals surface area contributed by atoms with E-state index in [2.05, 4.69) is 20.6 Å². The molecule has 2 aromatic carbocycles. The lowest BCUT2D eigenvalue weighted by molar-refractivity contribution is -0.123. The van der Waals surface area contributed by atoms with Crippen LogP contribution in [0.15, 0.2) is 48.5 Å². The third kappa shape index (κ3) is 4.26. The highest BCUT2D eigenvalue weighted by Crippen LogP contribution is 2.25. The Labute approximate surface area is 161 Å². The topological polar surface area (TPSA) is 69.8 Å². The van der Waals surface area contributed by atoms with Crippen molar-refractivity contribution in [2.75, 3.05) is 6.54 Å². The third-order valence-corrected chi connectivity index (χ3v) is 4.51. The molecule has 142 valence electrons. The Morgan fingerprint density at radius 1 is 1.19 bits per heavy atom. The van der Waals surface area contributed by atoms with Crippen LogP contribution in [0.3, 0.4) is 0 Å². The number of H-pyrrole nitrogens is 1. The summed E-state index contributed by atoms with van der Waals surface area (Å²) >= 11 is 0. The van der Waals surface area contributed by atoms with Gasteiger partial charge in [0.05, 0.1) is 23.6 Å². The summed E-state index contributed by atoms with van der Waals surface area (Å²) in [6.45, 7) is -0.153. The Bertz CT molecular complexity index is 909. The van der Waals surface area contributed by atoms with Crippen molar-refractivity contribution in [3.8, 4) is 11.4 Å². The van der Waals surface area contributed by atoms with Crippen LogP contribution in [-0.4, -0.2) is 34.4 Å². The Hall–Kier alpha value is -2.51. The molecule has 0 radical (unpaired) electrons. The number of para-hydroxylation sites is 2. The van der Waals surface area contributed by atoms with Crippen LogP contribution in [0.4, 0.5) is 8.78 Å². The van der Waals surface area contributed by atoms with Gasteiger partial charge in [-0.25, -0.2) is 13.8 Å². The Morgan fingerprint density at radius 3 is 2.59 bits per heavy atom. The monoisotopic (exact) mass is 392 g/mol. The van der Waals surface area contributed by atoms with Gasteiger partial charge in [0.2, 0.25) is 5.91 Å². The number of fused-ring (bicyclic) bond motifs is 1. The molecule has 1 fully saturated rings. The number of aromatic nitrogens is 2. The highest BCUT2D eigenvalue weighted by Gasteiger charge is 2.42. The van der Waals surface area contributed by atoms with Crippen LogP contribution < -0.4 is 10.6 Å². The first-order valence-corrected chi connectivity index (χ1v) is 8.43. The van der Waals surface area contributed by atoms with E-state index in [0.29, 0.717) is 6.54 Å². The number of alkyl halides is 2. The smallest absolute Gasteiger partial charge is 0.262 e. The zero-order chi connectivity index (χ0) is 18.1. The molecule has 1 aliphatic heterocycles. The molecule has 27 heavy (non-hydrogen) atoms. The van der Waals surface area contributed by atoms with E-state index < -0.39 is 30.8 Å². The van der Waals surface area contributed by atoms with Gasteiger partial charge in [-0.3, -0.25) is 10.1 Å². The van der Waals surface area contributed by atoms with Gasteiger partial charge in [0, 0.05) is 18.5 Å². The Morgan fingerprint density at radius 2 is 1.93 bits per heavy atom. The average molecular weight is 393 g/mol. The zero-order valence-corrected chi connectivity index (χ0v) is 15.2. The van der Waals surface area contributed by atoms with Crippen LogP contribution in [0.5, 0.6) is 0 Å². The van der Waals surface area contributed by atoms with Crippen molar-refractivity contribution in [1.82, 2.24) is 20.6 Å². The molecule has 8 heteroatoms. The second-order valence-electron chi connectivity index (χ2n) is 6.51. The highest BCUT2D eigenvalue weighted by molar-refractivity contribution is 5.85. The first-order chi connectivity index (χ1) is 12.5. The van der Waals surface area contributed by atoms with Gasteiger partial charge in [-0.15, -0.1) is 12.4 Å². The largest absolute Gasteiger partial charge is 0.351 e. The van der Waals surface area contributed by atoms with Gasteiger partial charge >= 0.3 is 0 Å². The Balaban J connectivity index is 0.00000210. The average Bonchev–Trinajstić information content (AvgIpc) is 3.23. The summed E-state index contributed by atoms with van der Waals surface area (Å²) < 4.78 is 26.3. The molecule has 0 aliphatic carbocycles. The lowest BCUT2D eigenvalue weighted by atomic mass is 10.1. The second-order valence-corrected chi connectivity index (χ2v) is 6.51. The van der Waals surface area contributed by atoms with E-state index in [1.165, 1.54) is 0 Å². The number of benzene rings is 2. The highest BCUT2D eigenvalue weighted by atomic mass is 35.5. The van der Waals surface area contributed by atoms with E-state index in [0.717, 1.165) is 28.0 Å².